The second-order valence-electron chi connectivity index (χ2n) is 5.25. The smallest absolute Gasteiger partial charge is 0.308 e. The van der Waals surface area contributed by atoms with Crippen LogP contribution in [0, 0.1) is 11.6 Å². The van der Waals surface area contributed by atoms with E-state index in [2.05, 4.69) is 5.32 Å². The third kappa shape index (κ3) is 2.94. The molecule has 0 aliphatic rings. The van der Waals surface area contributed by atoms with Crippen molar-refractivity contribution in [2.24, 2.45) is 0 Å². The van der Waals surface area contributed by atoms with Crippen LogP contribution in [0.5, 0.6) is 0 Å². The third-order valence-electron chi connectivity index (χ3n) is 3.56. The fourth-order valence-corrected chi connectivity index (χ4v) is 3.44. The number of nitrogens with zero attached hydrogens (tertiary/aromatic N) is 1. The van der Waals surface area contributed by atoms with Gasteiger partial charge < -0.3 is 5.32 Å². The number of aryl methyl sites for hydroxylation is 1. The fraction of sp³-hybridized carbons (Fsp3) is 0.176. The van der Waals surface area contributed by atoms with E-state index in [0.29, 0.717) is 16.9 Å². The lowest BCUT2D eigenvalue weighted by Gasteiger charge is -2.07. The number of carbonyl (C=O) groups excluding carboxylic acids is 1. The molecule has 2 aromatic carbocycles. The molecule has 0 aliphatic heterocycles. The van der Waals surface area contributed by atoms with Crippen molar-refractivity contribution >= 4 is 33.1 Å². The maximum Gasteiger partial charge on any atom is 0.308 e. The van der Waals surface area contributed by atoms with Gasteiger partial charge in [0.1, 0.15) is 17.2 Å². The van der Waals surface area contributed by atoms with E-state index in [4.69, 9.17) is 0 Å². The van der Waals surface area contributed by atoms with E-state index in [0.717, 1.165) is 35.4 Å². The minimum atomic E-state index is -0.924. The molecule has 0 aliphatic carbocycles. The number of hydrogen-bond donors (Lipinski definition) is 1. The summed E-state index contributed by atoms with van der Waals surface area (Å²) in [7, 11) is 0. The van der Waals surface area contributed by atoms with Crippen LogP contribution in [0.25, 0.3) is 10.2 Å². The summed E-state index contributed by atoms with van der Waals surface area (Å²) in [4.78, 5) is 24.0. The van der Waals surface area contributed by atoms with E-state index in [9.17, 15) is 18.4 Å². The van der Waals surface area contributed by atoms with Crippen LogP contribution >= 0.6 is 11.3 Å². The Labute approximate surface area is 140 Å². The van der Waals surface area contributed by atoms with Gasteiger partial charge >= 0.3 is 4.87 Å². The minimum absolute atomic E-state index is 0.0736. The van der Waals surface area contributed by atoms with Gasteiger partial charge in [-0.15, -0.1) is 0 Å². The maximum atomic E-state index is 13.7. The molecule has 24 heavy (non-hydrogen) atoms. The number of hydrogen-bond acceptors (Lipinski definition) is 3. The number of thiazole rings is 1. The van der Waals surface area contributed by atoms with E-state index < -0.39 is 23.1 Å². The van der Waals surface area contributed by atoms with Crippen molar-refractivity contribution in [3.05, 3.63) is 63.3 Å². The second kappa shape index (κ2) is 6.52. The number of amides is 1. The van der Waals surface area contributed by atoms with Crippen LogP contribution < -0.4 is 10.2 Å². The Kier molecular flexibility index (Phi) is 4.44. The van der Waals surface area contributed by atoms with Gasteiger partial charge in [-0.05, 0) is 36.8 Å². The molecule has 0 fully saturated rings. The first-order valence-electron chi connectivity index (χ1n) is 7.40. The number of rotatable bonds is 4. The molecule has 0 radical (unpaired) electrons. The topological polar surface area (TPSA) is 51.1 Å². The molecule has 7 heteroatoms. The van der Waals surface area contributed by atoms with Crippen molar-refractivity contribution in [1.82, 2.24) is 4.57 Å². The molecule has 4 nitrogen and oxygen atoms in total. The van der Waals surface area contributed by atoms with Gasteiger partial charge in [0, 0.05) is 12.2 Å². The van der Waals surface area contributed by atoms with Crippen LogP contribution in [-0.4, -0.2) is 10.5 Å². The molecule has 1 amide bonds. The highest BCUT2D eigenvalue weighted by atomic mass is 32.1. The molecule has 3 rings (SSSR count). The Morgan fingerprint density at radius 2 is 1.92 bits per heavy atom. The zero-order valence-electron chi connectivity index (χ0n) is 12.8. The number of nitrogens with one attached hydrogen (secondary N) is 1. The minimum Gasteiger partial charge on any atom is -0.322 e. The highest BCUT2D eigenvalue weighted by Gasteiger charge is 2.17. The van der Waals surface area contributed by atoms with Crippen molar-refractivity contribution in [3.63, 3.8) is 0 Å². The monoisotopic (exact) mass is 348 g/mol. The van der Waals surface area contributed by atoms with Crippen molar-refractivity contribution < 1.29 is 13.6 Å². The molecule has 0 saturated carbocycles. The summed E-state index contributed by atoms with van der Waals surface area (Å²) in [5, 5.41) is 2.47. The fourth-order valence-electron chi connectivity index (χ4n) is 2.49. The summed E-state index contributed by atoms with van der Waals surface area (Å²) in [5.41, 5.74) is 0.524. The van der Waals surface area contributed by atoms with Crippen molar-refractivity contribution in [3.8, 4) is 0 Å². The van der Waals surface area contributed by atoms with Crippen LogP contribution in [0.1, 0.15) is 23.7 Å². The number of fused-ring (bicyclic) bond motifs is 1. The number of anilines is 1. The van der Waals surface area contributed by atoms with Gasteiger partial charge in [-0.25, -0.2) is 8.78 Å². The lowest BCUT2D eigenvalue weighted by molar-refractivity contribution is 0.101. The summed E-state index contributed by atoms with van der Waals surface area (Å²) in [6, 6.07) is 8.20. The molecule has 0 bridgehead atoms. The SMILES string of the molecule is CCCn1c(=O)sc2cc(NC(=O)c3c(F)cccc3F)ccc21. The zero-order valence-corrected chi connectivity index (χ0v) is 13.6. The molecule has 0 atom stereocenters. The van der Waals surface area contributed by atoms with E-state index in [1.54, 1.807) is 22.8 Å². The van der Waals surface area contributed by atoms with Crippen molar-refractivity contribution in [2.75, 3.05) is 5.32 Å². The second-order valence-corrected chi connectivity index (χ2v) is 6.25. The van der Waals surface area contributed by atoms with E-state index in [-0.39, 0.29) is 4.87 Å². The van der Waals surface area contributed by atoms with Gasteiger partial charge in [-0.3, -0.25) is 14.2 Å². The Morgan fingerprint density at radius 3 is 2.58 bits per heavy atom. The quantitative estimate of drug-likeness (QED) is 0.775. The van der Waals surface area contributed by atoms with E-state index in [1.165, 1.54) is 6.07 Å². The van der Waals surface area contributed by atoms with Gasteiger partial charge in [0.2, 0.25) is 0 Å². The summed E-state index contributed by atoms with van der Waals surface area (Å²) in [6.45, 7) is 2.60. The van der Waals surface area contributed by atoms with E-state index >= 15 is 0 Å². The Bertz CT molecular complexity index is 958. The number of aromatic nitrogens is 1. The van der Waals surface area contributed by atoms with Gasteiger partial charge in [-0.1, -0.05) is 24.3 Å². The molecule has 1 heterocycles. The number of halogens is 2. The highest BCUT2D eigenvalue weighted by molar-refractivity contribution is 7.16. The summed E-state index contributed by atoms with van der Waals surface area (Å²) >= 11 is 1.07. The normalized spacial score (nSPS) is 11.0. The predicted molar refractivity (Wildman–Crippen MR) is 90.7 cm³/mol. The molecule has 0 saturated heterocycles. The standard InChI is InChI=1S/C17H14F2N2O2S/c1-2-8-21-13-7-6-10(9-14(13)24-17(21)23)20-16(22)15-11(18)4-3-5-12(15)19/h3-7,9H,2,8H2,1H3,(H,20,22). The first kappa shape index (κ1) is 16.3. The van der Waals surface area contributed by atoms with Crippen LogP contribution in [-0.2, 0) is 6.54 Å². The average molecular weight is 348 g/mol. The average Bonchev–Trinajstić information content (AvgIpc) is 2.83. The summed E-state index contributed by atoms with van der Waals surface area (Å²) < 4.78 is 29.7. The lowest BCUT2D eigenvalue weighted by atomic mass is 10.1. The molecular weight excluding hydrogens is 334 g/mol. The summed E-state index contributed by atoms with van der Waals surface area (Å²) in [6.07, 6.45) is 0.830. The third-order valence-corrected chi connectivity index (χ3v) is 4.51. The Hall–Kier alpha value is -2.54. The highest BCUT2D eigenvalue weighted by Crippen LogP contribution is 2.23. The first-order chi connectivity index (χ1) is 11.5. The zero-order chi connectivity index (χ0) is 17.3. The van der Waals surface area contributed by atoms with Gasteiger partial charge in [-0.2, -0.15) is 0 Å². The predicted octanol–water partition coefficient (Wildman–Crippen LogP) is 4.00. The molecule has 124 valence electrons. The van der Waals surface area contributed by atoms with Crippen molar-refractivity contribution in [1.29, 1.82) is 0 Å². The largest absolute Gasteiger partial charge is 0.322 e. The van der Waals surface area contributed by atoms with Crippen molar-refractivity contribution in [2.45, 2.75) is 19.9 Å². The van der Waals surface area contributed by atoms with Crippen LogP contribution in [0.2, 0.25) is 0 Å². The summed E-state index contributed by atoms with van der Waals surface area (Å²) in [5.74, 6) is -2.72. The molecule has 0 spiro atoms. The number of benzene rings is 2. The first-order valence-corrected chi connectivity index (χ1v) is 8.21. The van der Waals surface area contributed by atoms with Gasteiger partial charge in [0.25, 0.3) is 5.91 Å². The van der Waals surface area contributed by atoms with Gasteiger partial charge in [0.05, 0.1) is 10.2 Å². The van der Waals surface area contributed by atoms with Crippen LogP contribution in [0.15, 0.2) is 41.2 Å². The Balaban J connectivity index is 1.93. The van der Waals surface area contributed by atoms with Gasteiger partial charge in [0.15, 0.2) is 0 Å². The van der Waals surface area contributed by atoms with E-state index in [1.807, 2.05) is 6.92 Å². The molecule has 0 unspecified atom stereocenters. The molecule has 1 aromatic heterocycles. The molecule has 3 aromatic rings. The molecule has 1 N–H and O–H groups in total. The number of carbonyl (C=O) groups is 1. The Morgan fingerprint density at radius 1 is 1.21 bits per heavy atom. The lowest BCUT2D eigenvalue weighted by Crippen LogP contribution is -2.15. The van der Waals surface area contributed by atoms with Crippen LogP contribution in [0.3, 0.4) is 0 Å². The maximum absolute atomic E-state index is 13.7. The van der Waals surface area contributed by atoms with Crippen LogP contribution in [0.4, 0.5) is 14.5 Å². The molecular formula is C17H14F2N2O2S.